The Balaban J connectivity index is 2.01. The fraction of sp³-hybridized carbons (Fsp3) is 0.240. The predicted octanol–water partition coefficient (Wildman–Crippen LogP) is 5.57. The van der Waals surface area contributed by atoms with Gasteiger partial charge in [0, 0.05) is 5.69 Å². The molecule has 1 atom stereocenters. The van der Waals surface area contributed by atoms with E-state index in [2.05, 4.69) is 4.72 Å². The van der Waals surface area contributed by atoms with Crippen molar-refractivity contribution in [2.45, 2.75) is 36.6 Å². The molecule has 0 aliphatic rings. The summed E-state index contributed by atoms with van der Waals surface area (Å²) in [5.41, 5.74) is -3.03. The molecule has 0 heterocycles. The molecule has 3 rings (SSSR count). The number of aryl methyl sites for hydroxylation is 1. The number of hydrogen-bond acceptors (Lipinski definition) is 4. The second kappa shape index (κ2) is 11.0. The maximum atomic E-state index is 13.3. The van der Waals surface area contributed by atoms with Crippen LogP contribution in [0, 0.1) is 6.92 Å². The maximum absolute atomic E-state index is 13.3. The van der Waals surface area contributed by atoms with Crippen molar-refractivity contribution in [2.24, 2.45) is 0 Å². The first-order valence-electron chi connectivity index (χ1n) is 10.9. The zero-order chi connectivity index (χ0) is 28.3. The fourth-order valence-corrected chi connectivity index (χ4v) is 4.99. The first kappa shape index (κ1) is 29.0. The molecule has 204 valence electrons. The van der Waals surface area contributed by atoms with Crippen LogP contribution in [0.15, 0.2) is 71.6 Å². The number of alkyl halides is 6. The number of methoxy groups -OCH3 is 1. The number of rotatable bonds is 8. The highest BCUT2D eigenvalue weighted by Crippen LogP contribution is 2.37. The third-order valence-corrected chi connectivity index (χ3v) is 6.85. The molecular weight excluding hydrogens is 538 g/mol. The quantitative estimate of drug-likeness (QED) is 0.353. The second-order valence-electron chi connectivity index (χ2n) is 8.30. The highest BCUT2D eigenvalue weighted by molar-refractivity contribution is 7.89. The van der Waals surface area contributed by atoms with Gasteiger partial charge in [-0.05, 0) is 54.8 Å². The third-order valence-electron chi connectivity index (χ3n) is 5.36. The van der Waals surface area contributed by atoms with Gasteiger partial charge in [0.2, 0.25) is 15.9 Å². The number of carbonyl (C=O) groups excluding carboxylic acids is 1. The fourth-order valence-electron chi connectivity index (χ4n) is 3.54. The molecule has 6 nitrogen and oxygen atoms in total. The van der Waals surface area contributed by atoms with Crippen LogP contribution in [0.25, 0.3) is 0 Å². The van der Waals surface area contributed by atoms with Crippen LogP contribution in [0.3, 0.4) is 0 Å². The summed E-state index contributed by atoms with van der Waals surface area (Å²) in [6.45, 7) is 1.62. The van der Waals surface area contributed by atoms with Crippen molar-refractivity contribution in [1.82, 2.24) is 4.72 Å². The molecule has 0 aliphatic carbocycles. The SMILES string of the molecule is COc1ccc(C)cc1S(=O)(=O)NC(Cc1ccccc1)C(=O)Nc1cc(C(F)(F)F)cc(C(F)(F)F)c1. The zero-order valence-electron chi connectivity index (χ0n) is 19.9. The lowest BCUT2D eigenvalue weighted by Gasteiger charge is -2.21. The molecule has 0 bridgehead atoms. The molecule has 3 aromatic rings. The van der Waals surface area contributed by atoms with Gasteiger partial charge in [0.25, 0.3) is 0 Å². The molecule has 0 aromatic heterocycles. The van der Waals surface area contributed by atoms with E-state index in [0.29, 0.717) is 23.3 Å². The number of carbonyl (C=O) groups is 1. The summed E-state index contributed by atoms with van der Waals surface area (Å²) >= 11 is 0. The van der Waals surface area contributed by atoms with Gasteiger partial charge in [-0.15, -0.1) is 0 Å². The number of hydrogen-bond donors (Lipinski definition) is 2. The topological polar surface area (TPSA) is 84.5 Å². The molecule has 0 saturated heterocycles. The Hall–Kier alpha value is -3.58. The number of benzene rings is 3. The average Bonchev–Trinajstić information content (AvgIpc) is 2.83. The Morgan fingerprint density at radius 3 is 2.00 bits per heavy atom. The van der Waals surface area contributed by atoms with Crippen LogP contribution >= 0.6 is 0 Å². The van der Waals surface area contributed by atoms with E-state index in [-0.39, 0.29) is 23.1 Å². The molecular formula is C25H22F6N2O4S. The van der Waals surface area contributed by atoms with Crippen LogP contribution in [0.5, 0.6) is 5.75 Å². The summed E-state index contributed by atoms with van der Waals surface area (Å²) in [5, 5.41) is 2.00. The van der Waals surface area contributed by atoms with E-state index in [1.165, 1.54) is 19.2 Å². The molecule has 13 heteroatoms. The minimum Gasteiger partial charge on any atom is -0.495 e. The van der Waals surface area contributed by atoms with Crippen molar-refractivity contribution in [1.29, 1.82) is 0 Å². The van der Waals surface area contributed by atoms with Gasteiger partial charge in [-0.3, -0.25) is 4.79 Å². The van der Waals surface area contributed by atoms with Crippen molar-refractivity contribution in [3.05, 3.63) is 89.0 Å². The molecule has 0 aliphatic heterocycles. The predicted molar refractivity (Wildman–Crippen MR) is 127 cm³/mol. The minimum absolute atomic E-state index is 0.0327. The second-order valence-corrected chi connectivity index (χ2v) is 9.98. The average molecular weight is 561 g/mol. The van der Waals surface area contributed by atoms with Gasteiger partial charge in [-0.25, -0.2) is 8.42 Å². The lowest BCUT2D eigenvalue weighted by atomic mass is 10.1. The standard InChI is InChI=1S/C25H22F6N2O4S/c1-15-8-9-21(37-2)22(10-15)38(35,36)33-20(11-16-6-4-3-5-7-16)23(34)32-19-13-17(24(26,27)28)12-18(14-19)25(29,30)31/h3-10,12-14,20,33H,11H2,1-2H3,(H,32,34). The molecule has 1 amide bonds. The van der Waals surface area contributed by atoms with Crippen LogP contribution in [-0.4, -0.2) is 27.5 Å². The van der Waals surface area contributed by atoms with E-state index in [0.717, 1.165) is 0 Å². The highest BCUT2D eigenvalue weighted by Gasteiger charge is 2.37. The summed E-state index contributed by atoms with van der Waals surface area (Å²) in [4.78, 5) is 12.8. The molecule has 0 radical (unpaired) electrons. The van der Waals surface area contributed by atoms with Gasteiger partial charge >= 0.3 is 12.4 Å². The van der Waals surface area contributed by atoms with E-state index < -0.39 is 51.1 Å². The van der Waals surface area contributed by atoms with Crippen molar-refractivity contribution in [3.63, 3.8) is 0 Å². The Labute approximate surface area is 214 Å². The number of sulfonamides is 1. The van der Waals surface area contributed by atoms with Crippen LogP contribution in [0.1, 0.15) is 22.3 Å². The normalized spacial score (nSPS) is 13.2. The minimum atomic E-state index is -5.13. The van der Waals surface area contributed by atoms with Gasteiger partial charge in [0.15, 0.2) is 0 Å². The van der Waals surface area contributed by atoms with Crippen LogP contribution in [-0.2, 0) is 33.6 Å². The Morgan fingerprint density at radius 1 is 0.895 bits per heavy atom. The van der Waals surface area contributed by atoms with Gasteiger partial charge in [0.05, 0.1) is 18.2 Å². The van der Waals surface area contributed by atoms with E-state index in [1.807, 2.05) is 5.32 Å². The summed E-state index contributed by atoms with van der Waals surface area (Å²) in [5.74, 6) is -1.20. The molecule has 3 aromatic carbocycles. The van der Waals surface area contributed by atoms with Crippen LogP contribution in [0.2, 0.25) is 0 Å². The summed E-state index contributed by atoms with van der Waals surface area (Å²) in [7, 11) is -3.20. The Bertz CT molecular complexity index is 1380. The maximum Gasteiger partial charge on any atom is 0.416 e. The largest absolute Gasteiger partial charge is 0.495 e. The van der Waals surface area contributed by atoms with Crippen molar-refractivity contribution in [3.8, 4) is 5.75 Å². The number of anilines is 1. The number of nitrogens with one attached hydrogen (secondary N) is 2. The molecule has 0 fully saturated rings. The lowest BCUT2D eigenvalue weighted by Crippen LogP contribution is -2.45. The molecule has 38 heavy (non-hydrogen) atoms. The van der Waals surface area contributed by atoms with Crippen LogP contribution in [0.4, 0.5) is 32.0 Å². The van der Waals surface area contributed by atoms with Crippen molar-refractivity contribution < 1.29 is 44.3 Å². The van der Waals surface area contributed by atoms with Gasteiger partial charge in [0.1, 0.15) is 16.7 Å². The Morgan fingerprint density at radius 2 is 1.47 bits per heavy atom. The summed E-state index contributed by atoms with van der Waals surface area (Å²) in [6.07, 6.45) is -10.5. The first-order valence-corrected chi connectivity index (χ1v) is 12.4. The third kappa shape index (κ3) is 7.25. The van der Waals surface area contributed by atoms with E-state index in [1.54, 1.807) is 43.3 Å². The van der Waals surface area contributed by atoms with Crippen LogP contribution < -0.4 is 14.8 Å². The monoisotopic (exact) mass is 560 g/mol. The summed E-state index contributed by atoms with van der Waals surface area (Å²) in [6, 6.07) is 11.3. The molecule has 1 unspecified atom stereocenters. The van der Waals surface area contributed by atoms with Gasteiger partial charge < -0.3 is 10.1 Å². The number of amides is 1. The smallest absolute Gasteiger partial charge is 0.416 e. The lowest BCUT2D eigenvalue weighted by molar-refractivity contribution is -0.143. The number of ether oxygens (including phenoxy) is 1. The number of halogens is 6. The Kier molecular flexibility index (Phi) is 8.42. The first-order chi connectivity index (χ1) is 17.6. The van der Waals surface area contributed by atoms with Crippen molar-refractivity contribution in [2.75, 3.05) is 12.4 Å². The van der Waals surface area contributed by atoms with E-state index >= 15 is 0 Å². The zero-order valence-corrected chi connectivity index (χ0v) is 20.8. The van der Waals surface area contributed by atoms with E-state index in [4.69, 9.17) is 4.74 Å². The molecule has 0 saturated carbocycles. The van der Waals surface area contributed by atoms with Gasteiger partial charge in [-0.1, -0.05) is 36.4 Å². The highest BCUT2D eigenvalue weighted by atomic mass is 32.2. The molecule has 0 spiro atoms. The van der Waals surface area contributed by atoms with Gasteiger partial charge in [-0.2, -0.15) is 31.1 Å². The molecule has 2 N–H and O–H groups in total. The van der Waals surface area contributed by atoms with Crippen molar-refractivity contribution >= 4 is 21.6 Å². The summed E-state index contributed by atoms with van der Waals surface area (Å²) < 4.78 is 113. The van der Waals surface area contributed by atoms with E-state index in [9.17, 15) is 39.6 Å².